The molecule has 2 aromatic carbocycles. The van der Waals surface area contributed by atoms with Crippen LogP contribution >= 0.6 is 15.9 Å². The van der Waals surface area contributed by atoms with Crippen molar-refractivity contribution in [3.05, 3.63) is 77.2 Å². The number of hydrogen-bond donors (Lipinski definition) is 1. The third-order valence-corrected chi connectivity index (χ3v) is 3.63. The Morgan fingerprint density at radius 3 is 2.59 bits per heavy atom. The molecule has 3 rings (SSSR count). The number of anilines is 2. The van der Waals surface area contributed by atoms with E-state index in [-0.39, 0.29) is 0 Å². The van der Waals surface area contributed by atoms with Crippen LogP contribution in [0.3, 0.4) is 0 Å². The van der Waals surface area contributed by atoms with E-state index in [4.69, 9.17) is 4.74 Å². The lowest BCUT2D eigenvalue weighted by atomic mass is 10.2. The number of halogens is 1. The minimum Gasteiger partial charge on any atom is -0.487 e. The number of hydrogen-bond acceptors (Lipinski definition) is 4. The molecule has 0 amide bonds. The Morgan fingerprint density at radius 2 is 1.77 bits per heavy atom. The van der Waals surface area contributed by atoms with Crippen LogP contribution in [0.25, 0.3) is 0 Å². The Hall–Kier alpha value is -2.40. The number of aromatic nitrogens is 2. The molecule has 0 radical (unpaired) electrons. The lowest BCUT2D eigenvalue weighted by Crippen LogP contribution is -2.00. The Kier molecular flexibility index (Phi) is 4.65. The van der Waals surface area contributed by atoms with E-state index in [0.717, 1.165) is 21.5 Å². The number of rotatable bonds is 5. The minimum absolute atomic E-state index is 0.518. The van der Waals surface area contributed by atoms with Crippen molar-refractivity contribution in [2.24, 2.45) is 0 Å². The summed E-state index contributed by atoms with van der Waals surface area (Å²) in [5.74, 6) is 1.47. The van der Waals surface area contributed by atoms with Crippen LogP contribution in [0.15, 0.2) is 71.6 Å². The van der Waals surface area contributed by atoms with Gasteiger partial charge in [0.2, 0.25) is 0 Å². The van der Waals surface area contributed by atoms with Crippen molar-refractivity contribution in [3.8, 4) is 5.75 Å². The largest absolute Gasteiger partial charge is 0.487 e. The van der Waals surface area contributed by atoms with Crippen LogP contribution in [0, 0.1) is 0 Å². The van der Waals surface area contributed by atoms with Gasteiger partial charge in [0.1, 0.15) is 24.5 Å². The minimum atomic E-state index is 0.518. The zero-order chi connectivity index (χ0) is 15.2. The average Bonchev–Trinajstić information content (AvgIpc) is 2.57. The average molecular weight is 356 g/mol. The number of nitrogens with one attached hydrogen (secondary N) is 1. The molecule has 1 N–H and O–H groups in total. The maximum Gasteiger partial charge on any atom is 0.148 e. The molecule has 0 aliphatic carbocycles. The zero-order valence-electron chi connectivity index (χ0n) is 11.7. The van der Waals surface area contributed by atoms with Crippen molar-refractivity contribution in [1.29, 1.82) is 0 Å². The number of para-hydroxylation sites is 2. The van der Waals surface area contributed by atoms with Crippen molar-refractivity contribution in [3.63, 3.8) is 0 Å². The topological polar surface area (TPSA) is 47.0 Å². The first-order valence-electron chi connectivity index (χ1n) is 6.81. The van der Waals surface area contributed by atoms with Crippen LogP contribution in [0.4, 0.5) is 11.5 Å². The third kappa shape index (κ3) is 3.62. The van der Waals surface area contributed by atoms with E-state index in [9.17, 15) is 0 Å². The van der Waals surface area contributed by atoms with Gasteiger partial charge in [-0.3, -0.25) is 0 Å². The Bertz CT molecular complexity index is 750. The van der Waals surface area contributed by atoms with Gasteiger partial charge >= 0.3 is 0 Å². The quantitative estimate of drug-likeness (QED) is 0.728. The van der Waals surface area contributed by atoms with Crippen molar-refractivity contribution in [2.75, 3.05) is 5.32 Å². The van der Waals surface area contributed by atoms with Gasteiger partial charge in [-0.05, 0) is 33.6 Å². The van der Waals surface area contributed by atoms with Gasteiger partial charge in [-0.25, -0.2) is 9.97 Å². The summed E-state index contributed by atoms with van der Waals surface area (Å²) in [6, 6.07) is 17.9. The van der Waals surface area contributed by atoms with Crippen LogP contribution in [0.2, 0.25) is 0 Å². The van der Waals surface area contributed by atoms with Crippen LogP contribution in [0.5, 0.6) is 5.75 Å². The van der Waals surface area contributed by atoms with Gasteiger partial charge in [0.25, 0.3) is 0 Å². The molecule has 0 unspecified atom stereocenters. The molecule has 0 fully saturated rings. The molecule has 0 saturated heterocycles. The van der Waals surface area contributed by atoms with Gasteiger partial charge in [0, 0.05) is 6.20 Å². The summed E-state index contributed by atoms with van der Waals surface area (Å²) in [6.07, 6.45) is 3.20. The molecule has 5 heteroatoms. The van der Waals surface area contributed by atoms with Crippen molar-refractivity contribution in [2.45, 2.75) is 6.61 Å². The van der Waals surface area contributed by atoms with E-state index in [2.05, 4.69) is 31.2 Å². The highest BCUT2D eigenvalue weighted by Crippen LogP contribution is 2.29. The number of ether oxygens (including phenoxy) is 1. The second-order valence-corrected chi connectivity index (χ2v) is 5.47. The van der Waals surface area contributed by atoms with Crippen LogP contribution in [-0.2, 0) is 6.61 Å². The molecule has 22 heavy (non-hydrogen) atoms. The lowest BCUT2D eigenvalue weighted by Gasteiger charge is -2.13. The van der Waals surface area contributed by atoms with E-state index >= 15 is 0 Å². The molecule has 0 saturated carbocycles. The summed E-state index contributed by atoms with van der Waals surface area (Å²) in [6.45, 7) is 0.518. The third-order valence-electron chi connectivity index (χ3n) is 3.04. The van der Waals surface area contributed by atoms with Crippen LogP contribution in [-0.4, -0.2) is 9.97 Å². The molecule has 0 aliphatic rings. The van der Waals surface area contributed by atoms with Crippen molar-refractivity contribution >= 4 is 27.4 Å². The van der Waals surface area contributed by atoms with Crippen molar-refractivity contribution < 1.29 is 4.74 Å². The normalized spacial score (nSPS) is 10.2. The Labute approximate surface area is 137 Å². The van der Waals surface area contributed by atoms with Gasteiger partial charge in [0.05, 0.1) is 10.2 Å². The molecule has 3 aromatic rings. The molecule has 1 aromatic heterocycles. The molecule has 4 nitrogen and oxygen atoms in total. The van der Waals surface area contributed by atoms with Gasteiger partial charge < -0.3 is 10.1 Å². The second kappa shape index (κ2) is 7.04. The molecule has 0 bridgehead atoms. The number of nitrogens with zero attached hydrogens (tertiary/aromatic N) is 2. The lowest BCUT2D eigenvalue weighted by molar-refractivity contribution is 0.308. The summed E-state index contributed by atoms with van der Waals surface area (Å²) >= 11 is 3.43. The maximum absolute atomic E-state index is 5.91. The van der Waals surface area contributed by atoms with E-state index in [1.165, 1.54) is 6.33 Å². The first-order chi connectivity index (χ1) is 10.8. The Balaban J connectivity index is 1.77. The van der Waals surface area contributed by atoms with Gasteiger partial charge in [-0.1, -0.05) is 42.5 Å². The summed E-state index contributed by atoms with van der Waals surface area (Å²) in [5.41, 5.74) is 1.98. The first-order valence-corrected chi connectivity index (χ1v) is 7.60. The van der Waals surface area contributed by atoms with Gasteiger partial charge in [-0.15, -0.1) is 0 Å². The van der Waals surface area contributed by atoms with E-state index < -0.39 is 0 Å². The van der Waals surface area contributed by atoms with Crippen molar-refractivity contribution in [1.82, 2.24) is 9.97 Å². The fourth-order valence-corrected chi connectivity index (χ4v) is 2.28. The highest BCUT2D eigenvalue weighted by molar-refractivity contribution is 9.10. The van der Waals surface area contributed by atoms with E-state index in [1.54, 1.807) is 6.20 Å². The van der Waals surface area contributed by atoms with Crippen LogP contribution < -0.4 is 10.1 Å². The van der Waals surface area contributed by atoms with Gasteiger partial charge in [0.15, 0.2) is 0 Å². The van der Waals surface area contributed by atoms with Gasteiger partial charge in [-0.2, -0.15) is 0 Å². The van der Waals surface area contributed by atoms with Crippen LogP contribution in [0.1, 0.15) is 5.56 Å². The molecule has 110 valence electrons. The summed E-state index contributed by atoms with van der Waals surface area (Å²) in [7, 11) is 0. The monoisotopic (exact) mass is 355 g/mol. The molecular formula is C17H14BrN3O. The summed E-state index contributed by atoms with van der Waals surface area (Å²) < 4.78 is 6.71. The van der Waals surface area contributed by atoms with E-state index in [1.807, 2.05) is 54.6 Å². The summed E-state index contributed by atoms with van der Waals surface area (Å²) in [5, 5.41) is 3.25. The smallest absolute Gasteiger partial charge is 0.148 e. The highest BCUT2D eigenvalue weighted by Gasteiger charge is 2.07. The molecule has 0 atom stereocenters. The standard InChI is InChI=1S/C17H14BrN3O/c18-14-10-19-12-20-17(14)21-15-8-4-5-9-16(15)22-11-13-6-2-1-3-7-13/h1-10,12H,11H2,(H,19,20,21). The predicted molar refractivity (Wildman–Crippen MR) is 90.2 cm³/mol. The fraction of sp³-hybridized carbons (Fsp3) is 0.0588. The second-order valence-electron chi connectivity index (χ2n) is 4.61. The highest BCUT2D eigenvalue weighted by atomic mass is 79.9. The Morgan fingerprint density at radius 1 is 1.00 bits per heavy atom. The fourth-order valence-electron chi connectivity index (χ4n) is 1.96. The molecular weight excluding hydrogens is 342 g/mol. The number of benzene rings is 2. The summed E-state index contributed by atoms with van der Waals surface area (Å²) in [4.78, 5) is 8.16. The molecule has 1 heterocycles. The predicted octanol–water partition coefficient (Wildman–Crippen LogP) is 4.56. The first kappa shape index (κ1) is 14.5. The zero-order valence-corrected chi connectivity index (χ0v) is 13.3. The molecule has 0 aliphatic heterocycles. The molecule has 0 spiro atoms. The maximum atomic E-state index is 5.91. The van der Waals surface area contributed by atoms with E-state index in [0.29, 0.717) is 12.4 Å². The SMILES string of the molecule is Brc1cncnc1Nc1ccccc1OCc1ccccc1.